The van der Waals surface area contributed by atoms with Crippen molar-refractivity contribution in [3.05, 3.63) is 58.7 Å². The molecule has 9 heteroatoms. The summed E-state index contributed by atoms with van der Waals surface area (Å²) in [6.45, 7) is 5.03. The summed E-state index contributed by atoms with van der Waals surface area (Å²) in [5.41, 5.74) is 1.90. The molecule has 1 N–H and O–H groups in total. The first-order chi connectivity index (χ1) is 16.6. The van der Waals surface area contributed by atoms with Crippen LogP contribution < -0.4 is 5.32 Å². The summed E-state index contributed by atoms with van der Waals surface area (Å²) in [6, 6.07) is 7.27. The lowest BCUT2D eigenvalue weighted by atomic mass is 9.73. The van der Waals surface area contributed by atoms with Gasteiger partial charge in [-0.2, -0.15) is 0 Å². The molecule has 4 rings (SSSR count). The van der Waals surface area contributed by atoms with Crippen LogP contribution in [0, 0.1) is 25.6 Å². The molecule has 0 radical (unpaired) electrons. The number of urea groups is 1. The number of aromatic nitrogens is 1. The SMILES string of the molecule is Cc1cc(C(=O)COC(=O)CN2C(=O)N[C@@]3(CCCC[C@H]3C)C2=O)c(C)n1Cc1ccc(F)cc1. The van der Waals surface area contributed by atoms with E-state index in [2.05, 4.69) is 5.32 Å². The Kier molecular flexibility index (Phi) is 6.78. The van der Waals surface area contributed by atoms with Crippen molar-refractivity contribution >= 4 is 23.7 Å². The monoisotopic (exact) mass is 483 g/mol. The first kappa shape index (κ1) is 24.6. The van der Waals surface area contributed by atoms with Crippen molar-refractivity contribution < 1.29 is 28.3 Å². The largest absolute Gasteiger partial charge is 0.456 e. The lowest BCUT2D eigenvalue weighted by Crippen LogP contribution is -2.54. The minimum Gasteiger partial charge on any atom is -0.456 e. The normalized spacial score (nSPS) is 21.9. The molecule has 1 saturated carbocycles. The molecular weight excluding hydrogens is 453 g/mol. The minimum absolute atomic E-state index is 0.0135. The third-order valence-electron chi connectivity index (χ3n) is 7.28. The summed E-state index contributed by atoms with van der Waals surface area (Å²) < 4.78 is 20.3. The second-order valence-corrected chi connectivity index (χ2v) is 9.52. The number of nitrogens with one attached hydrogen (secondary N) is 1. The number of rotatable bonds is 7. The molecule has 0 unspecified atom stereocenters. The molecule has 2 aliphatic rings. The third-order valence-corrected chi connectivity index (χ3v) is 7.28. The van der Waals surface area contributed by atoms with E-state index < -0.39 is 36.6 Å². The van der Waals surface area contributed by atoms with Gasteiger partial charge >= 0.3 is 12.0 Å². The second kappa shape index (κ2) is 9.64. The van der Waals surface area contributed by atoms with Crippen molar-refractivity contribution in [3.8, 4) is 0 Å². The zero-order chi connectivity index (χ0) is 25.3. The second-order valence-electron chi connectivity index (χ2n) is 9.52. The van der Waals surface area contributed by atoms with Crippen LogP contribution >= 0.6 is 0 Å². The maximum absolute atomic E-state index is 13.2. The molecule has 2 heterocycles. The number of ketones is 1. The number of hydrogen-bond donors (Lipinski definition) is 1. The molecule has 1 spiro atoms. The highest BCUT2D eigenvalue weighted by Crippen LogP contribution is 2.38. The highest BCUT2D eigenvalue weighted by atomic mass is 19.1. The molecule has 2 fully saturated rings. The Morgan fingerprint density at radius 1 is 1.17 bits per heavy atom. The summed E-state index contributed by atoms with van der Waals surface area (Å²) in [5.74, 6) is -1.93. The molecule has 8 nitrogen and oxygen atoms in total. The predicted molar refractivity (Wildman–Crippen MR) is 125 cm³/mol. The molecule has 0 bridgehead atoms. The number of nitrogens with zero attached hydrogens (tertiary/aromatic N) is 2. The van der Waals surface area contributed by atoms with Crippen molar-refractivity contribution in [1.82, 2.24) is 14.8 Å². The number of aryl methyl sites for hydroxylation is 1. The molecule has 3 amide bonds. The van der Waals surface area contributed by atoms with Gasteiger partial charge in [-0.25, -0.2) is 9.18 Å². The lowest BCUT2D eigenvalue weighted by molar-refractivity contribution is -0.147. The van der Waals surface area contributed by atoms with Gasteiger partial charge in [-0.15, -0.1) is 0 Å². The number of esters is 1. The maximum atomic E-state index is 13.2. The summed E-state index contributed by atoms with van der Waals surface area (Å²) >= 11 is 0. The number of amides is 3. The average Bonchev–Trinajstić information content (AvgIpc) is 3.24. The fourth-order valence-electron chi connectivity index (χ4n) is 5.14. The number of Topliss-reactive ketones (excluding diaryl/α,β-unsaturated/α-hetero) is 1. The molecule has 1 aliphatic heterocycles. The van der Waals surface area contributed by atoms with Crippen molar-refractivity contribution in [2.24, 2.45) is 5.92 Å². The minimum atomic E-state index is -0.951. The quantitative estimate of drug-likeness (QED) is 0.369. The molecule has 1 aromatic heterocycles. The zero-order valence-electron chi connectivity index (χ0n) is 20.2. The third kappa shape index (κ3) is 4.72. The summed E-state index contributed by atoms with van der Waals surface area (Å²) in [4.78, 5) is 51.5. The van der Waals surface area contributed by atoms with E-state index in [9.17, 15) is 23.6 Å². The van der Waals surface area contributed by atoms with Crippen LogP contribution in [0.4, 0.5) is 9.18 Å². The molecule has 186 valence electrons. The average molecular weight is 484 g/mol. The molecular formula is C26H30FN3O5. The van der Waals surface area contributed by atoms with Gasteiger partial charge < -0.3 is 14.6 Å². The Morgan fingerprint density at radius 2 is 1.89 bits per heavy atom. The number of imide groups is 1. The van der Waals surface area contributed by atoms with Crippen molar-refractivity contribution in [3.63, 3.8) is 0 Å². The fraction of sp³-hybridized carbons (Fsp3) is 0.462. The Labute approximate surface area is 203 Å². The van der Waals surface area contributed by atoms with Gasteiger partial charge in [0.1, 0.15) is 17.9 Å². The van der Waals surface area contributed by atoms with E-state index in [0.717, 1.165) is 35.4 Å². The Hall–Kier alpha value is -3.49. The lowest BCUT2D eigenvalue weighted by Gasteiger charge is -2.36. The number of ether oxygens (including phenoxy) is 1. The Balaban J connectivity index is 1.36. The molecule has 2 aromatic rings. The maximum Gasteiger partial charge on any atom is 0.326 e. The number of halogens is 1. The Bertz CT molecular complexity index is 1170. The van der Waals surface area contributed by atoms with Crippen LogP contribution in [0.2, 0.25) is 0 Å². The first-order valence-corrected chi connectivity index (χ1v) is 11.9. The molecule has 1 aliphatic carbocycles. The van der Waals surface area contributed by atoms with E-state index in [4.69, 9.17) is 4.74 Å². The summed E-state index contributed by atoms with van der Waals surface area (Å²) in [5, 5.41) is 2.79. The summed E-state index contributed by atoms with van der Waals surface area (Å²) in [7, 11) is 0. The molecule has 2 atom stereocenters. The number of hydrogen-bond acceptors (Lipinski definition) is 5. The highest BCUT2D eigenvalue weighted by Gasteiger charge is 2.55. The predicted octanol–water partition coefficient (Wildman–Crippen LogP) is 3.52. The van der Waals surface area contributed by atoms with E-state index in [1.807, 2.05) is 18.4 Å². The molecule has 35 heavy (non-hydrogen) atoms. The van der Waals surface area contributed by atoms with Gasteiger partial charge in [0.25, 0.3) is 5.91 Å². The van der Waals surface area contributed by atoms with Gasteiger partial charge in [0.15, 0.2) is 6.61 Å². The zero-order valence-corrected chi connectivity index (χ0v) is 20.2. The smallest absolute Gasteiger partial charge is 0.326 e. The van der Waals surface area contributed by atoms with Crippen molar-refractivity contribution in [1.29, 1.82) is 0 Å². The fourth-order valence-corrected chi connectivity index (χ4v) is 5.14. The van der Waals surface area contributed by atoms with Crippen LogP contribution in [0.25, 0.3) is 0 Å². The van der Waals surface area contributed by atoms with Crippen LogP contribution in [0.1, 0.15) is 59.9 Å². The van der Waals surface area contributed by atoms with Gasteiger partial charge in [0.05, 0.1) is 0 Å². The number of carbonyl (C=O) groups excluding carboxylic acids is 4. The van der Waals surface area contributed by atoms with Gasteiger partial charge in [-0.3, -0.25) is 19.3 Å². The van der Waals surface area contributed by atoms with Crippen LogP contribution in [-0.4, -0.2) is 51.8 Å². The van der Waals surface area contributed by atoms with Crippen molar-refractivity contribution in [2.75, 3.05) is 13.2 Å². The first-order valence-electron chi connectivity index (χ1n) is 11.9. The van der Waals surface area contributed by atoms with Gasteiger partial charge in [-0.05, 0) is 56.4 Å². The highest BCUT2D eigenvalue weighted by molar-refractivity contribution is 6.09. The Morgan fingerprint density at radius 3 is 2.57 bits per heavy atom. The molecule has 1 aromatic carbocycles. The van der Waals surface area contributed by atoms with Crippen LogP contribution in [0.15, 0.2) is 30.3 Å². The van der Waals surface area contributed by atoms with Gasteiger partial charge in [0.2, 0.25) is 5.78 Å². The summed E-state index contributed by atoms with van der Waals surface area (Å²) in [6.07, 6.45) is 3.22. The van der Waals surface area contributed by atoms with E-state index in [-0.39, 0.29) is 17.5 Å². The van der Waals surface area contributed by atoms with Crippen LogP contribution in [0.3, 0.4) is 0 Å². The topological polar surface area (TPSA) is 97.7 Å². The molecule has 1 saturated heterocycles. The number of carbonyl (C=O) groups is 4. The van der Waals surface area contributed by atoms with Crippen LogP contribution in [0.5, 0.6) is 0 Å². The van der Waals surface area contributed by atoms with E-state index >= 15 is 0 Å². The van der Waals surface area contributed by atoms with Gasteiger partial charge in [-0.1, -0.05) is 31.9 Å². The van der Waals surface area contributed by atoms with E-state index in [1.54, 1.807) is 25.1 Å². The standard InChI is InChI=1S/C26H30FN3O5/c1-16-6-4-5-11-26(16)24(33)30(25(34)28-26)14-23(32)35-15-22(31)21-12-17(2)29(18(21)3)13-19-7-9-20(27)10-8-19/h7-10,12,16H,4-6,11,13-15H2,1-3H3,(H,28,34)/t16-,26-/m1/s1. The van der Waals surface area contributed by atoms with Crippen LogP contribution in [-0.2, 0) is 20.9 Å². The van der Waals surface area contributed by atoms with E-state index in [0.29, 0.717) is 24.2 Å². The number of benzene rings is 1. The van der Waals surface area contributed by atoms with Crippen molar-refractivity contribution in [2.45, 2.75) is 58.5 Å². The van der Waals surface area contributed by atoms with E-state index in [1.165, 1.54) is 12.1 Å². The van der Waals surface area contributed by atoms with Gasteiger partial charge in [0, 0.05) is 23.5 Å².